The summed E-state index contributed by atoms with van der Waals surface area (Å²) in [5.41, 5.74) is 1.11. The Morgan fingerprint density at radius 2 is 2.06 bits per heavy atom. The lowest BCUT2D eigenvalue weighted by Crippen LogP contribution is -2.12. The number of halogens is 1. The minimum atomic E-state index is 0.260. The van der Waals surface area contributed by atoms with Crippen LogP contribution in [-0.2, 0) is 0 Å². The molecule has 0 amide bonds. The van der Waals surface area contributed by atoms with Gasteiger partial charge in [-0.25, -0.2) is 0 Å². The summed E-state index contributed by atoms with van der Waals surface area (Å²) < 4.78 is 5.70. The number of rotatable bonds is 8. The number of hydrogen-bond donors (Lipinski definition) is 1. The Labute approximate surface area is 116 Å². The molecule has 0 aromatic heterocycles. The highest BCUT2D eigenvalue weighted by atomic mass is 35.5. The summed E-state index contributed by atoms with van der Waals surface area (Å²) >= 11 is 6.25. The van der Waals surface area contributed by atoms with E-state index in [2.05, 4.69) is 19.2 Å². The average molecular weight is 270 g/mol. The van der Waals surface area contributed by atoms with Crippen LogP contribution in [0, 0.1) is 0 Å². The van der Waals surface area contributed by atoms with Gasteiger partial charge < -0.3 is 10.1 Å². The molecule has 18 heavy (non-hydrogen) atoms. The number of nitrogens with one attached hydrogen (secondary N) is 1. The molecule has 0 fully saturated rings. The second-order valence-corrected chi connectivity index (χ2v) is 5.01. The molecule has 102 valence electrons. The van der Waals surface area contributed by atoms with E-state index >= 15 is 0 Å². The van der Waals surface area contributed by atoms with Gasteiger partial charge in [0.1, 0.15) is 5.75 Å². The van der Waals surface area contributed by atoms with E-state index in [9.17, 15) is 0 Å². The van der Waals surface area contributed by atoms with E-state index in [4.69, 9.17) is 16.3 Å². The van der Waals surface area contributed by atoms with Crippen LogP contribution in [0.4, 0.5) is 0 Å². The smallest absolute Gasteiger partial charge is 0.120 e. The summed E-state index contributed by atoms with van der Waals surface area (Å²) in [7, 11) is 1.93. The first-order valence-corrected chi connectivity index (χ1v) is 7.16. The third kappa shape index (κ3) is 4.87. The molecule has 1 aromatic rings. The predicted molar refractivity (Wildman–Crippen MR) is 78.6 cm³/mol. The van der Waals surface area contributed by atoms with Gasteiger partial charge in [0.15, 0.2) is 0 Å². The van der Waals surface area contributed by atoms with Crippen molar-refractivity contribution < 1.29 is 4.74 Å². The fourth-order valence-corrected chi connectivity index (χ4v) is 2.16. The van der Waals surface area contributed by atoms with Crippen molar-refractivity contribution in [1.82, 2.24) is 5.32 Å². The largest absolute Gasteiger partial charge is 0.494 e. The third-order valence-corrected chi connectivity index (χ3v) is 3.47. The molecule has 0 aliphatic heterocycles. The summed E-state index contributed by atoms with van der Waals surface area (Å²) in [5, 5.41) is 3.95. The summed E-state index contributed by atoms with van der Waals surface area (Å²) in [6, 6.07) is 6.20. The Kier molecular flexibility index (Phi) is 7.14. The number of benzene rings is 1. The van der Waals surface area contributed by atoms with Gasteiger partial charge in [0.25, 0.3) is 0 Å². The first-order valence-electron chi connectivity index (χ1n) is 6.78. The van der Waals surface area contributed by atoms with Crippen molar-refractivity contribution in [3.63, 3.8) is 0 Å². The fraction of sp³-hybridized carbons (Fsp3) is 0.600. The minimum Gasteiger partial charge on any atom is -0.494 e. The molecule has 1 N–H and O–H groups in total. The van der Waals surface area contributed by atoms with Crippen LogP contribution in [0.25, 0.3) is 0 Å². The molecular formula is C15H24ClNO. The maximum atomic E-state index is 6.25. The van der Waals surface area contributed by atoms with Gasteiger partial charge >= 0.3 is 0 Å². The molecule has 2 nitrogen and oxygen atoms in total. The van der Waals surface area contributed by atoms with Crippen LogP contribution in [0.2, 0.25) is 5.02 Å². The monoisotopic (exact) mass is 269 g/mol. The maximum absolute atomic E-state index is 6.25. The van der Waals surface area contributed by atoms with E-state index in [0.29, 0.717) is 0 Å². The second kappa shape index (κ2) is 8.39. The van der Waals surface area contributed by atoms with Gasteiger partial charge in [0, 0.05) is 11.1 Å². The van der Waals surface area contributed by atoms with Crippen molar-refractivity contribution in [3.05, 3.63) is 28.8 Å². The Morgan fingerprint density at radius 1 is 1.28 bits per heavy atom. The molecule has 0 heterocycles. The summed E-state index contributed by atoms with van der Waals surface area (Å²) in [6.07, 6.45) is 4.88. The van der Waals surface area contributed by atoms with Gasteiger partial charge in [-0.2, -0.15) is 0 Å². The average Bonchev–Trinajstić information content (AvgIpc) is 2.38. The minimum absolute atomic E-state index is 0.260. The zero-order valence-electron chi connectivity index (χ0n) is 11.6. The van der Waals surface area contributed by atoms with Crippen molar-refractivity contribution in [2.24, 2.45) is 0 Å². The summed E-state index contributed by atoms with van der Waals surface area (Å²) in [6.45, 7) is 5.08. The molecule has 1 rings (SSSR count). The van der Waals surface area contributed by atoms with Gasteiger partial charge in [0.2, 0.25) is 0 Å². The van der Waals surface area contributed by atoms with Gasteiger partial charge in [0.05, 0.1) is 6.61 Å². The van der Waals surface area contributed by atoms with E-state index in [1.165, 1.54) is 19.3 Å². The molecule has 0 spiro atoms. The van der Waals surface area contributed by atoms with Crippen LogP contribution in [-0.4, -0.2) is 13.7 Å². The Hall–Kier alpha value is -0.730. The molecule has 0 saturated carbocycles. The normalized spacial score (nSPS) is 12.4. The topological polar surface area (TPSA) is 21.3 Å². The van der Waals surface area contributed by atoms with Crippen LogP contribution in [0.15, 0.2) is 18.2 Å². The van der Waals surface area contributed by atoms with E-state index in [0.717, 1.165) is 29.4 Å². The van der Waals surface area contributed by atoms with Crippen LogP contribution in [0.3, 0.4) is 0 Å². The summed E-state index contributed by atoms with van der Waals surface area (Å²) in [4.78, 5) is 0. The zero-order chi connectivity index (χ0) is 13.4. The lowest BCUT2D eigenvalue weighted by atomic mass is 10.1. The lowest BCUT2D eigenvalue weighted by molar-refractivity contribution is 0.305. The van der Waals surface area contributed by atoms with Gasteiger partial charge in [-0.3, -0.25) is 0 Å². The van der Waals surface area contributed by atoms with Crippen molar-refractivity contribution in [2.75, 3.05) is 13.7 Å². The van der Waals surface area contributed by atoms with Crippen LogP contribution in [0.1, 0.15) is 51.1 Å². The molecule has 0 radical (unpaired) electrons. The van der Waals surface area contributed by atoms with Crippen molar-refractivity contribution >= 4 is 11.6 Å². The SMILES string of the molecule is CCCCCCOc1ccc(C(C)NC)c(Cl)c1. The molecule has 0 aliphatic carbocycles. The van der Waals surface area contributed by atoms with E-state index in [1.807, 2.05) is 25.2 Å². The van der Waals surface area contributed by atoms with E-state index in [-0.39, 0.29) is 6.04 Å². The Morgan fingerprint density at radius 3 is 2.67 bits per heavy atom. The number of ether oxygens (including phenoxy) is 1. The van der Waals surface area contributed by atoms with Crippen LogP contribution >= 0.6 is 11.6 Å². The highest BCUT2D eigenvalue weighted by Crippen LogP contribution is 2.27. The molecule has 0 bridgehead atoms. The highest BCUT2D eigenvalue weighted by molar-refractivity contribution is 6.31. The van der Waals surface area contributed by atoms with Crippen molar-refractivity contribution in [3.8, 4) is 5.75 Å². The van der Waals surface area contributed by atoms with Crippen molar-refractivity contribution in [1.29, 1.82) is 0 Å². The zero-order valence-corrected chi connectivity index (χ0v) is 12.4. The molecule has 0 aliphatic rings. The van der Waals surface area contributed by atoms with Gasteiger partial charge in [-0.1, -0.05) is 43.9 Å². The first kappa shape index (κ1) is 15.3. The third-order valence-electron chi connectivity index (χ3n) is 3.14. The first-order chi connectivity index (χ1) is 8.69. The molecule has 3 heteroatoms. The van der Waals surface area contributed by atoms with Gasteiger partial charge in [-0.15, -0.1) is 0 Å². The lowest BCUT2D eigenvalue weighted by Gasteiger charge is -2.14. The summed E-state index contributed by atoms with van der Waals surface area (Å²) in [5.74, 6) is 0.864. The molecule has 0 saturated heterocycles. The van der Waals surface area contributed by atoms with Crippen LogP contribution < -0.4 is 10.1 Å². The maximum Gasteiger partial charge on any atom is 0.120 e. The van der Waals surface area contributed by atoms with Crippen LogP contribution in [0.5, 0.6) is 5.75 Å². The quantitative estimate of drug-likeness (QED) is 0.698. The molecular weight excluding hydrogens is 246 g/mol. The Bertz CT molecular complexity index is 354. The second-order valence-electron chi connectivity index (χ2n) is 4.60. The van der Waals surface area contributed by atoms with Gasteiger partial charge in [-0.05, 0) is 38.1 Å². The number of unbranched alkanes of at least 4 members (excludes halogenated alkanes) is 3. The molecule has 1 atom stereocenters. The number of hydrogen-bond acceptors (Lipinski definition) is 2. The van der Waals surface area contributed by atoms with Crippen molar-refractivity contribution in [2.45, 2.75) is 45.6 Å². The predicted octanol–water partition coefficient (Wildman–Crippen LogP) is 4.58. The molecule has 1 unspecified atom stereocenters. The molecule has 1 aromatic carbocycles. The van der Waals surface area contributed by atoms with E-state index < -0.39 is 0 Å². The Balaban J connectivity index is 2.46. The fourth-order valence-electron chi connectivity index (χ4n) is 1.82. The standard InChI is InChI=1S/C15H24ClNO/c1-4-5-6-7-10-18-13-8-9-14(12(2)17-3)15(16)11-13/h8-9,11-12,17H,4-7,10H2,1-3H3. The highest BCUT2D eigenvalue weighted by Gasteiger charge is 2.08. The van der Waals surface area contributed by atoms with E-state index in [1.54, 1.807) is 0 Å².